The Kier molecular flexibility index (Phi) is 4.84. The predicted molar refractivity (Wildman–Crippen MR) is 87.0 cm³/mol. The minimum atomic E-state index is -0.607. The molecule has 0 amide bonds. The van der Waals surface area contributed by atoms with Gasteiger partial charge in [0.15, 0.2) is 0 Å². The minimum Gasteiger partial charge on any atom is -0.493 e. The van der Waals surface area contributed by atoms with E-state index in [1.165, 1.54) is 0 Å². The lowest BCUT2D eigenvalue weighted by molar-refractivity contribution is 0.309. The van der Waals surface area contributed by atoms with Crippen LogP contribution in [0.3, 0.4) is 0 Å². The van der Waals surface area contributed by atoms with Gasteiger partial charge in [-0.3, -0.25) is 0 Å². The molecule has 0 aliphatic heterocycles. The van der Waals surface area contributed by atoms with Crippen LogP contribution < -0.4 is 10.5 Å². The highest BCUT2D eigenvalue weighted by Crippen LogP contribution is 2.36. The molecule has 2 N–H and O–H groups in total. The molecule has 3 heteroatoms. The van der Waals surface area contributed by atoms with Crippen LogP contribution in [-0.2, 0) is 5.54 Å². The number of para-hydroxylation sites is 1. The van der Waals surface area contributed by atoms with E-state index in [2.05, 4.69) is 22.9 Å². The van der Waals surface area contributed by atoms with Crippen molar-refractivity contribution in [1.29, 1.82) is 0 Å². The molecule has 0 heterocycles. The quantitative estimate of drug-likeness (QED) is 0.876. The number of hydrogen-bond donors (Lipinski definition) is 1. The number of hydrogen-bond acceptors (Lipinski definition) is 2. The SMILES string of the molecule is CCCOc1ccccc1C(C)(N)c1ccccc1Br. The number of nitrogens with two attached hydrogens (primary N) is 1. The Morgan fingerprint density at radius 3 is 2.30 bits per heavy atom. The van der Waals surface area contributed by atoms with E-state index in [1.807, 2.05) is 55.5 Å². The van der Waals surface area contributed by atoms with Gasteiger partial charge in [0.2, 0.25) is 0 Å². The Balaban J connectivity index is 2.46. The molecule has 0 aliphatic carbocycles. The number of halogens is 1. The topological polar surface area (TPSA) is 35.2 Å². The first-order chi connectivity index (χ1) is 9.57. The molecule has 0 radical (unpaired) electrons. The summed E-state index contributed by atoms with van der Waals surface area (Å²) in [7, 11) is 0. The highest BCUT2D eigenvalue weighted by molar-refractivity contribution is 9.10. The van der Waals surface area contributed by atoms with Gasteiger partial charge in [0.05, 0.1) is 12.1 Å². The summed E-state index contributed by atoms with van der Waals surface area (Å²) in [5.74, 6) is 0.857. The van der Waals surface area contributed by atoms with Gasteiger partial charge >= 0.3 is 0 Å². The van der Waals surface area contributed by atoms with Crippen LogP contribution in [0.5, 0.6) is 5.75 Å². The van der Waals surface area contributed by atoms with Crippen LogP contribution >= 0.6 is 15.9 Å². The van der Waals surface area contributed by atoms with Gasteiger partial charge in [-0.25, -0.2) is 0 Å². The molecule has 0 saturated carbocycles. The summed E-state index contributed by atoms with van der Waals surface area (Å²) in [6.07, 6.45) is 0.977. The smallest absolute Gasteiger partial charge is 0.124 e. The van der Waals surface area contributed by atoms with E-state index < -0.39 is 5.54 Å². The van der Waals surface area contributed by atoms with Crippen LogP contribution in [0.1, 0.15) is 31.4 Å². The van der Waals surface area contributed by atoms with Crippen molar-refractivity contribution in [3.8, 4) is 5.75 Å². The summed E-state index contributed by atoms with van der Waals surface area (Å²) in [6.45, 7) is 4.81. The molecule has 106 valence electrons. The molecule has 2 aromatic rings. The second-order valence-corrected chi connectivity index (χ2v) is 5.88. The average Bonchev–Trinajstić information content (AvgIpc) is 2.45. The third-order valence-electron chi connectivity index (χ3n) is 3.34. The molecular formula is C17H20BrNO. The second kappa shape index (κ2) is 6.42. The average molecular weight is 334 g/mol. The Morgan fingerprint density at radius 1 is 1.05 bits per heavy atom. The highest BCUT2D eigenvalue weighted by Gasteiger charge is 2.28. The zero-order valence-corrected chi connectivity index (χ0v) is 13.5. The van der Waals surface area contributed by atoms with Gasteiger partial charge in [-0.05, 0) is 31.0 Å². The lowest BCUT2D eigenvalue weighted by Gasteiger charge is -2.29. The van der Waals surface area contributed by atoms with Crippen LogP contribution in [0, 0.1) is 0 Å². The monoisotopic (exact) mass is 333 g/mol. The first-order valence-electron chi connectivity index (χ1n) is 6.83. The summed E-state index contributed by atoms with van der Waals surface area (Å²) < 4.78 is 6.85. The van der Waals surface area contributed by atoms with Crippen molar-refractivity contribution < 1.29 is 4.74 Å². The van der Waals surface area contributed by atoms with E-state index in [9.17, 15) is 0 Å². The molecule has 0 saturated heterocycles. The second-order valence-electron chi connectivity index (χ2n) is 5.03. The van der Waals surface area contributed by atoms with Gasteiger partial charge in [-0.2, -0.15) is 0 Å². The summed E-state index contributed by atoms with van der Waals surface area (Å²) in [4.78, 5) is 0. The molecular weight excluding hydrogens is 314 g/mol. The lowest BCUT2D eigenvalue weighted by atomic mass is 9.85. The number of ether oxygens (including phenoxy) is 1. The molecule has 0 aliphatic rings. The summed E-state index contributed by atoms with van der Waals surface area (Å²) >= 11 is 3.59. The van der Waals surface area contributed by atoms with Gasteiger partial charge in [0.1, 0.15) is 5.75 Å². The summed E-state index contributed by atoms with van der Waals surface area (Å²) in [5.41, 5.74) is 8.06. The van der Waals surface area contributed by atoms with Crippen molar-refractivity contribution in [3.05, 3.63) is 64.1 Å². The van der Waals surface area contributed by atoms with E-state index in [0.29, 0.717) is 6.61 Å². The Labute approximate surface area is 129 Å². The van der Waals surface area contributed by atoms with Crippen molar-refractivity contribution in [3.63, 3.8) is 0 Å². The Bertz CT molecular complexity index is 581. The van der Waals surface area contributed by atoms with Gasteiger partial charge < -0.3 is 10.5 Å². The maximum atomic E-state index is 6.62. The molecule has 0 spiro atoms. The number of benzene rings is 2. The maximum Gasteiger partial charge on any atom is 0.124 e. The van der Waals surface area contributed by atoms with E-state index in [1.54, 1.807) is 0 Å². The molecule has 20 heavy (non-hydrogen) atoms. The molecule has 1 unspecified atom stereocenters. The van der Waals surface area contributed by atoms with Gasteiger partial charge in [-0.15, -0.1) is 0 Å². The zero-order chi connectivity index (χ0) is 14.6. The van der Waals surface area contributed by atoms with Gasteiger partial charge in [0.25, 0.3) is 0 Å². The predicted octanol–water partition coefficient (Wildman–Crippen LogP) is 4.46. The normalized spacial score (nSPS) is 13.8. The van der Waals surface area contributed by atoms with E-state index in [-0.39, 0.29) is 0 Å². The first-order valence-corrected chi connectivity index (χ1v) is 7.63. The lowest BCUT2D eigenvalue weighted by Crippen LogP contribution is -2.35. The standard InChI is InChI=1S/C17H20BrNO/c1-3-12-20-16-11-7-5-9-14(16)17(2,19)13-8-4-6-10-15(13)18/h4-11H,3,12,19H2,1-2H3. The maximum absolute atomic E-state index is 6.62. The van der Waals surface area contributed by atoms with Crippen molar-refractivity contribution in [1.82, 2.24) is 0 Å². The minimum absolute atomic E-state index is 0.607. The Hall–Kier alpha value is -1.32. The number of rotatable bonds is 5. The fourth-order valence-corrected chi connectivity index (χ4v) is 2.96. The van der Waals surface area contributed by atoms with Crippen molar-refractivity contribution in [2.45, 2.75) is 25.8 Å². The largest absolute Gasteiger partial charge is 0.493 e. The van der Waals surface area contributed by atoms with E-state index >= 15 is 0 Å². The molecule has 0 fully saturated rings. The fourth-order valence-electron chi connectivity index (χ4n) is 2.26. The molecule has 0 bridgehead atoms. The zero-order valence-electron chi connectivity index (χ0n) is 11.9. The van der Waals surface area contributed by atoms with Crippen molar-refractivity contribution >= 4 is 15.9 Å². The third-order valence-corrected chi connectivity index (χ3v) is 4.03. The van der Waals surface area contributed by atoms with E-state index in [0.717, 1.165) is 27.8 Å². The summed E-state index contributed by atoms with van der Waals surface area (Å²) in [5, 5.41) is 0. The van der Waals surface area contributed by atoms with Gasteiger partial charge in [0, 0.05) is 10.0 Å². The van der Waals surface area contributed by atoms with Crippen LogP contribution in [0.4, 0.5) is 0 Å². The fraction of sp³-hybridized carbons (Fsp3) is 0.294. The van der Waals surface area contributed by atoms with Crippen LogP contribution in [0.15, 0.2) is 53.0 Å². The van der Waals surface area contributed by atoms with Gasteiger partial charge in [-0.1, -0.05) is 59.3 Å². The molecule has 0 aromatic heterocycles. The van der Waals surface area contributed by atoms with Crippen LogP contribution in [0.2, 0.25) is 0 Å². The Morgan fingerprint density at radius 2 is 1.65 bits per heavy atom. The van der Waals surface area contributed by atoms with E-state index in [4.69, 9.17) is 10.5 Å². The molecule has 1 atom stereocenters. The molecule has 2 aromatic carbocycles. The first kappa shape index (κ1) is 15.1. The van der Waals surface area contributed by atoms with Crippen molar-refractivity contribution in [2.24, 2.45) is 5.73 Å². The molecule has 2 nitrogen and oxygen atoms in total. The molecule has 2 rings (SSSR count). The third kappa shape index (κ3) is 3.05. The summed E-state index contributed by atoms with van der Waals surface area (Å²) in [6, 6.07) is 16.0. The van der Waals surface area contributed by atoms with Crippen LogP contribution in [-0.4, -0.2) is 6.61 Å². The van der Waals surface area contributed by atoms with Crippen molar-refractivity contribution in [2.75, 3.05) is 6.61 Å². The highest BCUT2D eigenvalue weighted by atomic mass is 79.9. The van der Waals surface area contributed by atoms with Crippen LogP contribution in [0.25, 0.3) is 0 Å².